The van der Waals surface area contributed by atoms with Crippen molar-refractivity contribution in [3.05, 3.63) is 0 Å². The fourth-order valence-electron chi connectivity index (χ4n) is 2.33. The molecule has 3 atom stereocenters. The number of rotatable bonds is 1. The SMILES string of the molecule is CC1CN(C(=O)[C@@H]2CCC(=O)N2)C(C)CN1. The molecule has 2 N–H and O–H groups in total. The quantitative estimate of drug-likeness (QED) is 0.631. The van der Waals surface area contributed by atoms with Gasteiger partial charge in [0.05, 0.1) is 0 Å². The number of amides is 2. The van der Waals surface area contributed by atoms with Crippen LogP contribution in [0.25, 0.3) is 0 Å². The van der Waals surface area contributed by atoms with Crippen LogP contribution in [0, 0.1) is 0 Å². The van der Waals surface area contributed by atoms with Gasteiger partial charge in [0.2, 0.25) is 11.8 Å². The van der Waals surface area contributed by atoms with Gasteiger partial charge in [-0.1, -0.05) is 0 Å². The molecule has 2 aliphatic heterocycles. The van der Waals surface area contributed by atoms with Crippen LogP contribution < -0.4 is 10.6 Å². The van der Waals surface area contributed by atoms with Crippen LogP contribution in [-0.2, 0) is 9.59 Å². The van der Waals surface area contributed by atoms with Gasteiger partial charge in [0.15, 0.2) is 0 Å². The van der Waals surface area contributed by atoms with Crippen molar-refractivity contribution in [2.45, 2.75) is 44.8 Å². The van der Waals surface area contributed by atoms with E-state index in [9.17, 15) is 9.59 Å². The molecule has 0 aromatic heterocycles. The molecule has 2 rings (SSSR count). The molecule has 0 aromatic carbocycles. The van der Waals surface area contributed by atoms with Gasteiger partial charge < -0.3 is 15.5 Å². The van der Waals surface area contributed by atoms with Crippen LogP contribution in [-0.4, -0.2) is 47.9 Å². The van der Waals surface area contributed by atoms with Crippen LogP contribution >= 0.6 is 0 Å². The predicted molar refractivity (Wildman–Crippen MR) is 59.8 cm³/mol. The highest BCUT2D eigenvalue weighted by Gasteiger charge is 2.34. The third-order valence-electron chi connectivity index (χ3n) is 3.34. The molecular formula is C11H19N3O2. The van der Waals surface area contributed by atoms with Gasteiger partial charge in [-0.05, 0) is 20.3 Å². The van der Waals surface area contributed by atoms with E-state index in [0.717, 1.165) is 13.1 Å². The summed E-state index contributed by atoms with van der Waals surface area (Å²) in [4.78, 5) is 25.2. The summed E-state index contributed by atoms with van der Waals surface area (Å²) in [5, 5.41) is 6.07. The summed E-state index contributed by atoms with van der Waals surface area (Å²) >= 11 is 0. The molecule has 0 aliphatic carbocycles. The Hall–Kier alpha value is -1.10. The highest BCUT2D eigenvalue weighted by atomic mass is 16.2. The lowest BCUT2D eigenvalue weighted by atomic mass is 10.1. The summed E-state index contributed by atoms with van der Waals surface area (Å²) in [7, 11) is 0. The third-order valence-corrected chi connectivity index (χ3v) is 3.34. The smallest absolute Gasteiger partial charge is 0.245 e. The number of carbonyl (C=O) groups is 2. The van der Waals surface area contributed by atoms with Gasteiger partial charge in [0, 0.05) is 31.6 Å². The minimum atomic E-state index is -0.291. The maximum Gasteiger partial charge on any atom is 0.245 e. The second kappa shape index (κ2) is 4.41. The normalized spacial score (nSPS) is 35.0. The van der Waals surface area contributed by atoms with Gasteiger partial charge in [0.25, 0.3) is 0 Å². The highest BCUT2D eigenvalue weighted by molar-refractivity contribution is 5.91. The van der Waals surface area contributed by atoms with Crippen molar-refractivity contribution < 1.29 is 9.59 Å². The zero-order valence-electron chi connectivity index (χ0n) is 9.82. The molecule has 0 saturated carbocycles. The molecule has 16 heavy (non-hydrogen) atoms. The summed E-state index contributed by atoms with van der Waals surface area (Å²) in [6.45, 7) is 5.66. The Bertz CT molecular complexity index is 306. The lowest BCUT2D eigenvalue weighted by molar-refractivity contribution is -0.137. The number of carbonyl (C=O) groups excluding carboxylic acids is 2. The molecule has 0 aromatic rings. The van der Waals surface area contributed by atoms with E-state index in [0.29, 0.717) is 18.9 Å². The first kappa shape index (κ1) is 11.4. The Kier molecular flexibility index (Phi) is 3.14. The molecule has 2 fully saturated rings. The van der Waals surface area contributed by atoms with E-state index in [4.69, 9.17) is 0 Å². The summed E-state index contributed by atoms with van der Waals surface area (Å²) in [6, 6.07) is 0.249. The standard InChI is InChI=1S/C11H19N3O2/c1-7-6-14(8(2)5-12-7)11(16)9-3-4-10(15)13-9/h7-9,12H,3-6H2,1-2H3,(H,13,15)/t7?,8?,9-/m0/s1. The molecule has 2 heterocycles. The van der Waals surface area contributed by atoms with Crippen molar-refractivity contribution in [3.8, 4) is 0 Å². The van der Waals surface area contributed by atoms with E-state index in [2.05, 4.69) is 17.6 Å². The van der Waals surface area contributed by atoms with Gasteiger partial charge in [-0.2, -0.15) is 0 Å². The molecule has 2 unspecified atom stereocenters. The number of hydrogen-bond donors (Lipinski definition) is 2. The summed E-state index contributed by atoms with van der Waals surface area (Å²) in [6.07, 6.45) is 1.12. The fourth-order valence-corrected chi connectivity index (χ4v) is 2.33. The zero-order chi connectivity index (χ0) is 11.7. The summed E-state index contributed by atoms with van der Waals surface area (Å²) < 4.78 is 0. The minimum Gasteiger partial charge on any atom is -0.344 e. The maximum absolute atomic E-state index is 12.2. The summed E-state index contributed by atoms with van der Waals surface area (Å²) in [5.41, 5.74) is 0. The Labute approximate surface area is 95.6 Å². The molecule has 5 heteroatoms. The van der Waals surface area contributed by atoms with Crippen LogP contribution in [0.1, 0.15) is 26.7 Å². The fraction of sp³-hybridized carbons (Fsp3) is 0.818. The van der Waals surface area contributed by atoms with E-state index in [1.807, 2.05) is 11.8 Å². The van der Waals surface area contributed by atoms with Gasteiger partial charge >= 0.3 is 0 Å². The highest BCUT2D eigenvalue weighted by Crippen LogP contribution is 2.14. The van der Waals surface area contributed by atoms with E-state index in [1.54, 1.807) is 0 Å². The van der Waals surface area contributed by atoms with Crippen LogP contribution in [0.3, 0.4) is 0 Å². The molecule has 2 aliphatic rings. The van der Waals surface area contributed by atoms with Crippen LogP contribution in [0.15, 0.2) is 0 Å². The molecule has 0 spiro atoms. The van der Waals surface area contributed by atoms with Crippen LogP contribution in [0.4, 0.5) is 0 Å². The molecule has 90 valence electrons. The Morgan fingerprint density at radius 2 is 2.19 bits per heavy atom. The average molecular weight is 225 g/mol. The van der Waals surface area contributed by atoms with Gasteiger partial charge in [0.1, 0.15) is 6.04 Å². The Morgan fingerprint density at radius 3 is 2.81 bits per heavy atom. The maximum atomic E-state index is 12.2. The van der Waals surface area contributed by atoms with Gasteiger partial charge in [-0.15, -0.1) is 0 Å². The molecule has 2 amide bonds. The predicted octanol–water partition coefficient (Wildman–Crippen LogP) is -0.526. The topological polar surface area (TPSA) is 61.4 Å². The average Bonchev–Trinajstić information content (AvgIpc) is 2.67. The first-order valence-corrected chi connectivity index (χ1v) is 5.91. The third kappa shape index (κ3) is 2.19. The van der Waals surface area contributed by atoms with Crippen molar-refractivity contribution in [2.75, 3.05) is 13.1 Å². The monoisotopic (exact) mass is 225 g/mol. The lowest BCUT2D eigenvalue weighted by Gasteiger charge is -2.38. The minimum absolute atomic E-state index is 0.00538. The molecule has 5 nitrogen and oxygen atoms in total. The largest absolute Gasteiger partial charge is 0.344 e. The van der Waals surface area contributed by atoms with Gasteiger partial charge in [-0.3, -0.25) is 9.59 Å². The molecule has 0 bridgehead atoms. The molecule has 0 radical (unpaired) electrons. The first-order valence-electron chi connectivity index (χ1n) is 5.91. The van der Waals surface area contributed by atoms with Crippen LogP contribution in [0.2, 0.25) is 0 Å². The van der Waals surface area contributed by atoms with Gasteiger partial charge in [-0.25, -0.2) is 0 Å². The number of nitrogens with zero attached hydrogens (tertiary/aromatic N) is 1. The second-order valence-electron chi connectivity index (χ2n) is 4.81. The summed E-state index contributed by atoms with van der Waals surface area (Å²) in [5.74, 6) is 0.0703. The van der Waals surface area contributed by atoms with Crippen molar-refractivity contribution in [3.63, 3.8) is 0 Å². The number of hydrogen-bond acceptors (Lipinski definition) is 3. The van der Waals surface area contributed by atoms with Crippen molar-refractivity contribution in [1.82, 2.24) is 15.5 Å². The van der Waals surface area contributed by atoms with Crippen molar-refractivity contribution >= 4 is 11.8 Å². The number of nitrogens with one attached hydrogen (secondary N) is 2. The van der Waals surface area contributed by atoms with E-state index < -0.39 is 0 Å². The molecular weight excluding hydrogens is 206 g/mol. The van der Waals surface area contributed by atoms with E-state index in [1.165, 1.54) is 0 Å². The first-order chi connectivity index (χ1) is 7.58. The van der Waals surface area contributed by atoms with E-state index >= 15 is 0 Å². The second-order valence-corrected chi connectivity index (χ2v) is 4.81. The van der Waals surface area contributed by atoms with E-state index in [-0.39, 0.29) is 23.9 Å². The molecule has 2 saturated heterocycles. The Balaban J connectivity index is 2.00. The zero-order valence-corrected chi connectivity index (χ0v) is 9.82. The lowest BCUT2D eigenvalue weighted by Crippen LogP contribution is -2.59. The Morgan fingerprint density at radius 1 is 1.44 bits per heavy atom. The number of piperazine rings is 1. The van der Waals surface area contributed by atoms with Crippen molar-refractivity contribution in [1.29, 1.82) is 0 Å². The van der Waals surface area contributed by atoms with Crippen molar-refractivity contribution in [2.24, 2.45) is 0 Å². The van der Waals surface area contributed by atoms with Crippen LogP contribution in [0.5, 0.6) is 0 Å².